The molecule has 0 radical (unpaired) electrons. The molecule has 8 heteroatoms. The number of hydrogen-bond donors (Lipinski definition) is 2. The second-order valence-electron chi connectivity index (χ2n) is 8.35. The molecule has 0 aliphatic carbocycles. The maximum Gasteiger partial charge on any atom is 0.404 e. The molecule has 0 aromatic heterocycles. The normalized spacial score (nSPS) is 19.2. The van der Waals surface area contributed by atoms with Crippen LogP contribution in [0.1, 0.15) is 47.9 Å². The van der Waals surface area contributed by atoms with Crippen molar-refractivity contribution in [1.82, 2.24) is 10.4 Å². The predicted molar refractivity (Wildman–Crippen MR) is 107 cm³/mol. The van der Waals surface area contributed by atoms with Gasteiger partial charge >= 0.3 is 6.09 Å². The minimum atomic E-state index is -1.04. The summed E-state index contributed by atoms with van der Waals surface area (Å²) in [5, 5.41) is 13.7. The van der Waals surface area contributed by atoms with E-state index >= 15 is 0 Å². The van der Waals surface area contributed by atoms with E-state index in [1.807, 2.05) is 12.1 Å². The minimum absolute atomic E-state index is 0.155. The first-order valence-electron chi connectivity index (χ1n) is 9.54. The summed E-state index contributed by atoms with van der Waals surface area (Å²) in [7, 11) is 0. The van der Waals surface area contributed by atoms with E-state index in [0.717, 1.165) is 16.1 Å². The Bertz CT molecular complexity index is 1000. The molecule has 3 amide bonds. The summed E-state index contributed by atoms with van der Waals surface area (Å²) < 4.78 is 0. The molecule has 29 heavy (non-hydrogen) atoms. The van der Waals surface area contributed by atoms with E-state index in [1.165, 1.54) is 0 Å². The van der Waals surface area contributed by atoms with Crippen LogP contribution in [-0.4, -0.2) is 52.8 Å². The summed E-state index contributed by atoms with van der Waals surface area (Å²) in [4.78, 5) is 44.6. The molecular weight excluding hydrogens is 374 g/mol. The number of nitrogens with zero attached hydrogens (tertiary/aromatic N) is 2. The van der Waals surface area contributed by atoms with E-state index in [0.29, 0.717) is 36.0 Å². The van der Waals surface area contributed by atoms with Gasteiger partial charge in [-0.15, -0.1) is 5.06 Å². The van der Waals surface area contributed by atoms with Crippen LogP contribution in [-0.2, 0) is 4.84 Å². The van der Waals surface area contributed by atoms with Crippen molar-refractivity contribution in [3.05, 3.63) is 41.5 Å². The molecule has 2 aromatic carbocycles. The molecule has 0 saturated carbocycles. The molecule has 0 bridgehead atoms. The van der Waals surface area contributed by atoms with E-state index in [1.54, 1.807) is 39.0 Å². The first kappa shape index (κ1) is 19.2. The van der Waals surface area contributed by atoms with Gasteiger partial charge in [-0.2, -0.15) is 0 Å². The Labute approximate surface area is 168 Å². The van der Waals surface area contributed by atoms with Crippen LogP contribution in [0, 0.1) is 0 Å². The van der Waals surface area contributed by atoms with Crippen LogP contribution in [0.5, 0.6) is 0 Å². The highest BCUT2D eigenvalue weighted by atomic mass is 16.7. The quantitative estimate of drug-likeness (QED) is 0.773. The number of carbonyl (C=O) groups is 3. The smallest absolute Gasteiger partial charge is 0.404 e. The van der Waals surface area contributed by atoms with Gasteiger partial charge < -0.3 is 15.3 Å². The van der Waals surface area contributed by atoms with Gasteiger partial charge in [0.15, 0.2) is 0 Å². The van der Waals surface area contributed by atoms with E-state index in [9.17, 15) is 14.4 Å². The molecule has 1 unspecified atom stereocenters. The van der Waals surface area contributed by atoms with E-state index < -0.39 is 23.5 Å². The summed E-state index contributed by atoms with van der Waals surface area (Å²) in [5.74, 6) is -0.959. The molecule has 1 atom stereocenters. The zero-order valence-corrected chi connectivity index (χ0v) is 16.6. The van der Waals surface area contributed by atoms with Gasteiger partial charge in [0.25, 0.3) is 11.8 Å². The van der Waals surface area contributed by atoms with Crippen LogP contribution in [0.15, 0.2) is 30.3 Å². The van der Waals surface area contributed by atoms with Gasteiger partial charge in [-0.05, 0) is 45.4 Å². The van der Waals surface area contributed by atoms with Gasteiger partial charge in [0, 0.05) is 29.5 Å². The fourth-order valence-electron chi connectivity index (χ4n) is 3.96. The summed E-state index contributed by atoms with van der Waals surface area (Å²) >= 11 is 0. The number of hydroxylamine groups is 2. The van der Waals surface area contributed by atoms with Gasteiger partial charge in [-0.25, -0.2) is 4.79 Å². The zero-order valence-electron chi connectivity index (χ0n) is 16.6. The second-order valence-corrected chi connectivity index (χ2v) is 8.35. The third-order valence-corrected chi connectivity index (χ3v) is 5.07. The Balaban J connectivity index is 1.76. The molecule has 8 nitrogen and oxygen atoms in total. The lowest BCUT2D eigenvalue weighted by Gasteiger charge is -2.32. The number of imide groups is 1. The monoisotopic (exact) mass is 397 g/mol. The van der Waals surface area contributed by atoms with E-state index in [2.05, 4.69) is 10.2 Å². The summed E-state index contributed by atoms with van der Waals surface area (Å²) in [6, 6.07) is 8.79. The Morgan fingerprint density at radius 3 is 2.48 bits per heavy atom. The van der Waals surface area contributed by atoms with Crippen LogP contribution in [0.3, 0.4) is 0 Å². The molecule has 152 valence electrons. The fourth-order valence-corrected chi connectivity index (χ4v) is 3.96. The standard InChI is InChI=1S/C21H23N3O5/c1-21(2,3)29-24-18(25)14-6-4-5-13-16(8-7-15(17(13)14)19(24)26)23-10-9-12(11-23)22-20(27)28/h4-8,12,22H,9-11H2,1-3H3,(H,27,28). The number of nitrogens with one attached hydrogen (secondary N) is 1. The maximum atomic E-state index is 13.0. The number of benzene rings is 2. The van der Waals surface area contributed by atoms with Crippen molar-refractivity contribution < 1.29 is 24.3 Å². The molecule has 2 heterocycles. The molecule has 2 aliphatic heterocycles. The lowest BCUT2D eigenvalue weighted by atomic mass is 9.93. The zero-order chi connectivity index (χ0) is 20.9. The lowest BCUT2D eigenvalue weighted by molar-refractivity contribution is -0.168. The first-order chi connectivity index (χ1) is 13.7. The molecular formula is C21H23N3O5. The average Bonchev–Trinajstić information content (AvgIpc) is 3.09. The Morgan fingerprint density at radius 1 is 1.14 bits per heavy atom. The van der Waals surface area contributed by atoms with Crippen LogP contribution in [0.4, 0.5) is 10.5 Å². The third kappa shape index (κ3) is 3.40. The first-order valence-corrected chi connectivity index (χ1v) is 9.54. The average molecular weight is 397 g/mol. The molecule has 2 aliphatic rings. The SMILES string of the molecule is CC(C)(C)ON1C(=O)c2cccc3c(N4CCC(NC(=O)O)C4)ccc(c23)C1=O. The van der Waals surface area contributed by atoms with Gasteiger partial charge in [-0.3, -0.25) is 14.4 Å². The van der Waals surface area contributed by atoms with Crippen molar-refractivity contribution in [1.29, 1.82) is 0 Å². The molecule has 1 saturated heterocycles. The number of anilines is 1. The largest absolute Gasteiger partial charge is 0.465 e. The number of carboxylic acid groups (broad SMARTS) is 1. The van der Waals surface area contributed by atoms with Crippen molar-refractivity contribution >= 4 is 34.4 Å². The van der Waals surface area contributed by atoms with Gasteiger partial charge in [-0.1, -0.05) is 12.1 Å². The maximum absolute atomic E-state index is 13.0. The van der Waals surface area contributed by atoms with Crippen LogP contribution in [0.2, 0.25) is 0 Å². The van der Waals surface area contributed by atoms with E-state index in [-0.39, 0.29) is 6.04 Å². The Morgan fingerprint density at radius 2 is 1.83 bits per heavy atom. The van der Waals surface area contributed by atoms with Gasteiger partial charge in [0.1, 0.15) is 0 Å². The minimum Gasteiger partial charge on any atom is -0.465 e. The van der Waals surface area contributed by atoms with Crippen LogP contribution < -0.4 is 10.2 Å². The van der Waals surface area contributed by atoms with Gasteiger partial charge in [0.2, 0.25) is 0 Å². The van der Waals surface area contributed by atoms with Crippen molar-refractivity contribution in [2.75, 3.05) is 18.0 Å². The van der Waals surface area contributed by atoms with E-state index in [4.69, 9.17) is 9.94 Å². The highest BCUT2D eigenvalue weighted by Gasteiger charge is 2.37. The fraction of sp³-hybridized carbons (Fsp3) is 0.381. The Kier molecular flexibility index (Phi) is 4.46. The highest BCUT2D eigenvalue weighted by Crippen LogP contribution is 2.37. The molecule has 2 N–H and O–H groups in total. The predicted octanol–water partition coefficient (Wildman–Crippen LogP) is 3.01. The van der Waals surface area contributed by atoms with Crippen molar-refractivity contribution in [3.8, 4) is 0 Å². The molecule has 0 spiro atoms. The summed E-state index contributed by atoms with van der Waals surface area (Å²) in [6.45, 7) is 6.56. The highest BCUT2D eigenvalue weighted by molar-refractivity contribution is 6.26. The number of carbonyl (C=O) groups excluding carboxylic acids is 2. The Hall–Kier alpha value is -3.13. The van der Waals surface area contributed by atoms with Crippen molar-refractivity contribution in [2.24, 2.45) is 0 Å². The third-order valence-electron chi connectivity index (χ3n) is 5.07. The number of rotatable bonds is 3. The van der Waals surface area contributed by atoms with Crippen molar-refractivity contribution in [2.45, 2.75) is 38.8 Å². The molecule has 1 fully saturated rings. The summed E-state index contributed by atoms with van der Waals surface area (Å²) in [5.41, 5.74) is 1.02. The lowest BCUT2D eigenvalue weighted by Crippen LogP contribution is -2.44. The van der Waals surface area contributed by atoms with Crippen molar-refractivity contribution in [3.63, 3.8) is 0 Å². The molecule has 4 rings (SSSR count). The van der Waals surface area contributed by atoms with Crippen LogP contribution >= 0.6 is 0 Å². The topological polar surface area (TPSA) is 99.2 Å². The van der Waals surface area contributed by atoms with Gasteiger partial charge in [0.05, 0.1) is 22.8 Å². The molecule has 2 aromatic rings. The number of amides is 3. The second kappa shape index (κ2) is 6.73. The summed E-state index contributed by atoms with van der Waals surface area (Å²) in [6.07, 6.45) is -0.343. The van der Waals surface area contributed by atoms with Crippen LogP contribution in [0.25, 0.3) is 10.8 Å². The number of hydrogen-bond acceptors (Lipinski definition) is 5.